The van der Waals surface area contributed by atoms with Crippen LogP contribution >= 0.6 is 0 Å². The Bertz CT molecular complexity index is 651. The van der Waals surface area contributed by atoms with Crippen molar-refractivity contribution in [2.45, 2.75) is 25.3 Å². The van der Waals surface area contributed by atoms with E-state index in [0.29, 0.717) is 11.1 Å². The third kappa shape index (κ3) is 2.02. The maximum atomic E-state index is 14.1. The smallest absolute Gasteiger partial charge is 0.130 e. The quantitative estimate of drug-likeness (QED) is 0.895. The minimum Gasteiger partial charge on any atom is -0.312 e. The molecule has 1 N–H and O–H groups in total. The van der Waals surface area contributed by atoms with Crippen molar-refractivity contribution in [3.8, 4) is 0 Å². The lowest BCUT2D eigenvalue weighted by molar-refractivity contribution is 0.420. The van der Waals surface area contributed by atoms with Gasteiger partial charge in [-0.2, -0.15) is 0 Å². The fraction of sp³-hybridized carbons (Fsp3) is 0.294. The summed E-state index contributed by atoms with van der Waals surface area (Å²) in [6.07, 6.45) is 0.928. The molecule has 104 valence electrons. The van der Waals surface area contributed by atoms with E-state index in [2.05, 4.69) is 17.4 Å². The van der Waals surface area contributed by atoms with Crippen LogP contribution in [0.5, 0.6) is 0 Å². The molecule has 0 aliphatic heterocycles. The zero-order chi connectivity index (χ0) is 14.3. The van der Waals surface area contributed by atoms with Crippen molar-refractivity contribution in [1.82, 2.24) is 5.32 Å². The maximum absolute atomic E-state index is 14.1. The number of benzene rings is 2. The number of rotatable bonds is 3. The van der Waals surface area contributed by atoms with Crippen LogP contribution in [0, 0.1) is 18.6 Å². The molecule has 2 unspecified atom stereocenters. The van der Waals surface area contributed by atoms with E-state index in [1.54, 1.807) is 13.0 Å². The van der Waals surface area contributed by atoms with Crippen LogP contribution in [0.15, 0.2) is 36.4 Å². The molecule has 2 atom stereocenters. The van der Waals surface area contributed by atoms with Gasteiger partial charge in [0.2, 0.25) is 0 Å². The van der Waals surface area contributed by atoms with Gasteiger partial charge in [0.1, 0.15) is 11.6 Å². The van der Waals surface area contributed by atoms with Crippen LogP contribution in [-0.4, -0.2) is 7.05 Å². The molecule has 0 fully saturated rings. The number of likely N-dealkylation sites (N-methyl/N-ethyl adjacent to an activating group) is 1. The van der Waals surface area contributed by atoms with Gasteiger partial charge in [0.15, 0.2) is 0 Å². The van der Waals surface area contributed by atoms with E-state index in [-0.39, 0.29) is 12.0 Å². The predicted molar refractivity (Wildman–Crippen MR) is 75.8 cm³/mol. The second-order valence-corrected chi connectivity index (χ2v) is 5.40. The highest BCUT2D eigenvalue weighted by molar-refractivity contribution is 5.43. The molecule has 0 heterocycles. The van der Waals surface area contributed by atoms with Crippen molar-refractivity contribution in [2.24, 2.45) is 0 Å². The van der Waals surface area contributed by atoms with Crippen LogP contribution in [0.2, 0.25) is 0 Å². The Morgan fingerprint density at radius 1 is 1.15 bits per heavy atom. The van der Waals surface area contributed by atoms with Crippen LogP contribution in [-0.2, 0) is 6.42 Å². The fourth-order valence-corrected chi connectivity index (χ4v) is 3.09. The molecule has 3 rings (SSSR count). The Labute approximate surface area is 117 Å². The van der Waals surface area contributed by atoms with E-state index in [1.165, 1.54) is 11.1 Å². The third-order valence-corrected chi connectivity index (χ3v) is 4.22. The molecule has 20 heavy (non-hydrogen) atoms. The van der Waals surface area contributed by atoms with E-state index in [4.69, 9.17) is 0 Å². The number of hydrogen-bond donors (Lipinski definition) is 1. The van der Waals surface area contributed by atoms with Crippen LogP contribution in [0.4, 0.5) is 8.78 Å². The average Bonchev–Trinajstić information content (AvgIpc) is 2.41. The molecular formula is C17H17F2N. The van der Waals surface area contributed by atoms with Gasteiger partial charge in [-0.3, -0.25) is 0 Å². The number of fused-ring (bicyclic) bond motifs is 1. The third-order valence-electron chi connectivity index (χ3n) is 4.22. The minimum atomic E-state index is -0.491. The fourth-order valence-electron chi connectivity index (χ4n) is 3.09. The summed E-state index contributed by atoms with van der Waals surface area (Å²) in [7, 11) is 1.82. The zero-order valence-corrected chi connectivity index (χ0v) is 11.6. The van der Waals surface area contributed by atoms with Crippen molar-refractivity contribution < 1.29 is 8.78 Å². The van der Waals surface area contributed by atoms with E-state index in [9.17, 15) is 8.78 Å². The van der Waals surface area contributed by atoms with Crippen molar-refractivity contribution in [3.63, 3.8) is 0 Å². The first-order chi connectivity index (χ1) is 9.61. The molecule has 1 aliphatic rings. The summed E-state index contributed by atoms with van der Waals surface area (Å²) in [5, 5.41) is 3.19. The molecule has 1 nitrogen and oxygen atoms in total. The SMILES string of the molecule is CNC(c1cc(C)c(F)cc1F)C1Cc2ccccc21. The number of halogens is 2. The molecular weight excluding hydrogens is 256 g/mol. The molecule has 1 aliphatic carbocycles. The van der Waals surface area contributed by atoms with Crippen LogP contribution < -0.4 is 5.32 Å². The monoisotopic (exact) mass is 273 g/mol. The largest absolute Gasteiger partial charge is 0.312 e. The van der Waals surface area contributed by atoms with Gasteiger partial charge in [0.05, 0.1) is 0 Å². The summed E-state index contributed by atoms with van der Waals surface area (Å²) in [5.74, 6) is -0.720. The first kappa shape index (κ1) is 13.3. The Hall–Kier alpha value is -1.74. The lowest BCUT2D eigenvalue weighted by Crippen LogP contribution is -2.32. The predicted octanol–water partition coefficient (Wildman–Crippen LogP) is 3.87. The van der Waals surface area contributed by atoms with Crippen LogP contribution in [0.25, 0.3) is 0 Å². The Kier molecular flexibility index (Phi) is 3.30. The van der Waals surface area contributed by atoms with E-state index in [0.717, 1.165) is 12.5 Å². The topological polar surface area (TPSA) is 12.0 Å². The number of nitrogens with one attached hydrogen (secondary N) is 1. The lowest BCUT2D eigenvalue weighted by Gasteiger charge is -2.37. The average molecular weight is 273 g/mol. The van der Waals surface area contributed by atoms with Crippen LogP contribution in [0.3, 0.4) is 0 Å². The summed E-state index contributed by atoms with van der Waals surface area (Å²) in [5.41, 5.74) is 3.60. The molecule has 0 radical (unpaired) electrons. The van der Waals surface area contributed by atoms with Gasteiger partial charge in [-0.05, 0) is 43.1 Å². The zero-order valence-electron chi connectivity index (χ0n) is 11.6. The Morgan fingerprint density at radius 3 is 2.60 bits per heavy atom. The van der Waals surface area contributed by atoms with Crippen molar-refractivity contribution in [2.75, 3.05) is 7.05 Å². The minimum absolute atomic E-state index is 0.121. The van der Waals surface area contributed by atoms with Gasteiger partial charge < -0.3 is 5.32 Å². The van der Waals surface area contributed by atoms with Crippen molar-refractivity contribution in [1.29, 1.82) is 0 Å². The standard InChI is InChI=1S/C17H17F2N/c1-10-7-14(16(19)9-15(10)18)17(20-2)13-8-11-5-3-4-6-12(11)13/h3-7,9,13,17,20H,8H2,1-2H3. The molecule has 0 spiro atoms. The van der Waals surface area contributed by atoms with Crippen molar-refractivity contribution >= 4 is 0 Å². The Morgan fingerprint density at radius 2 is 1.90 bits per heavy atom. The first-order valence-electron chi connectivity index (χ1n) is 6.82. The lowest BCUT2D eigenvalue weighted by atomic mass is 9.71. The van der Waals surface area contributed by atoms with Crippen molar-refractivity contribution in [3.05, 3.63) is 70.3 Å². The second-order valence-electron chi connectivity index (χ2n) is 5.40. The molecule has 3 heteroatoms. The highest BCUT2D eigenvalue weighted by Crippen LogP contribution is 2.44. The van der Waals surface area contributed by atoms with Gasteiger partial charge >= 0.3 is 0 Å². The summed E-state index contributed by atoms with van der Waals surface area (Å²) in [6.45, 7) is 1.67. The molecule has 2 aromatic rings. The summed E-state index contributed by atoms with van der Waals surface area (Å²) < 4.78 is 27.5. The van der Waals surface area contributed by atoms with Crippen LogP contribution in [0.1, 0.15) is 34.2 Å². The van der Waals surface area contributed by atoms with Gasteiger partial charge in [0, 0.05) is 23.6 Å². The Balaban J connectivity index is 1.98. The highest BCUT2D eigenvalue weighted by Gasteiger charge is 2.34. The summed E-state index contributed by atoms with van der Waals surface area (Å²) >= 11 is 0. The number of hydrogen-bond acceptors (Lipinski definition) is 1. The maximum Gasteiger partial charge on any atom is 0.130 e. The normalized spacial score (nSPS) is 18.3. The van der Waals surface area contributed by atoms with E-state index >= 15 is 0 Å². The van der Waals surface area contributed by atoms with Gasteiger partial charge in [-0.25, -0.2) is 8.78 Å². The van der Waals surface area contributed by atoms with Gasteiger partial charge in [0.25, 0.3) is 0 Å². The molecule has 0 aromatic heterocycles. The molecule has 0 saturated carbocycles. The van der Waals surface area contributed by atoms with E-state index in [1.807, 2.05) is 19.2 Å². The summed E-state index contributed by atoms with van der Waals surface area (Å²) in [4.78, 5) is 0. The van der Waals surface area contributed by atoms with Gasteiger partial charge in [-0.15, -0.1) is 0 Å². The molecule has 2 aromatic carbocycles. The molecule has 0 bridgehead atoms. The number of aryl methyl sites for hydroxylation is 1. The second kappa shape index (κ2) is 4.98. The molecule has 0 amide bonds. The highest BCUT2D eigenvalue weighted by atomic mass is 19.1. The van der Waals surface area contributed by atoms with E-state index < -0.39 is 11.6 Å². The first-order valence-corrected chi connectivity index (χ1v) is 6.82. The van der Waals surface area contributed by atoms with Gasteiger partial charge in [-0.1, -0.05) is 24.3 Å². The molecule has 0 saturated heterocycles. The summed E-state index contributed by atoms with van der Waals surface area (Å²) in [6, 6.07) is 10.7.